The molecule has 14 nitrogen and oxygen atoms in total. The van der Waals surface area contributed by atoms with Crippen LogP contribution in [-0.2, 0) is 26.1 Å². The Balaban J connectivity index is 0.939. The van der Waals surface area contributed by atoms with Crippen LogP contribution in [0.5, 0.6) is 0 Å². The van der Waals surface area contributed by atoms with Crippen LogP contribution in [0, 0.1) is 23.2 Å². The van der Waals surface area contributed by atoms with Crippen LogP contribution < -0.4 is 10.6 Å². The summed E-state index contributed by atoms with van der Waals surface area (Å²) in [5.74, 6) is 0.623. The lowest BCUT2D eigenvalue weighted by molar-refractivity contribution is -0.136. The van der Waals surface area contributed by atoms with Crippen molar-refractivity contribution in [2.75, 3.05) is 20.8 Å². The third-order valence-corrected chi connectivity index (χ3v) is 13.0. The minimum absolute atomic E-state index is 0.0680. The lowest BCUT2D eigenvalue weighted by atomic mass is 9.89. The number of ether oxygens (including phenoxy) is 2. The zero-order chi connectivity index (χ0) is 42.9. The van der Waals surface area contributed by atoms with Gasteiger partial charge in [-0.25, -0.2) is 14.6 Å². The highest BCUT2D eigenvalue weighted by molar-refractivity contribution is 6.05. The van der Waals surface area contributed by atoms with Crippen LogP contribution in [0.25, 0.3) is 38.7 Å². The van der Waals surface area contributed by atoms with Gasteiger partial charge in [0.25, 0.3) is 0 Å². The highest BCUT2D eigenvalue weighted by atomic mass is 16.5. The Morgan fingerprint density at radius 2 is 1.54 bits per heavy atom. The molecule has 0 spiro atoms. The number of rotatable bonds is 11. The highest BCUT2D eigenvalue weighted by Crippen LogP contribution is 2.45. The number of piperidine rings is 1. The summed E-state index contributed by atoms with van der Waals surface area (Å²) in [5.41, 5.74) is 7.27. The normalized spacial score (nSPS) is 21.5. The van der Waals surface area contributed by atoms with E-state index in [1.54, 1.807) is 0 Å². The summed E-state index contributed by atoms with van der Waals surface area (Å²) in [6.07, 6.45) is 7.40. The zero-order valence-corrected chi connectivity index (χ0v) is 35.3. The second-order valence-electron chi connectivity index (χ2n) is 16.9. The second-order valence-corrected chi connectivity index (χ2v) is 16.9. The van der Waals surface area contributed by atoms with Crippen molar-refractivity contribution >= 4 is 46.1 Å². The fourth-order valence-electron chi connectivity index (χ4n) is 9.85. The van der Waals surface area contributed by atoms with Crippen LogP contribution in [0.1, 0.15) is 76.2 Å². The van der Waals surface area contributed by atoms with E-state index in [-0.39, 0.29) is 42.3 Å². The number of hydrogen-bond acceptors (Lipinski definition) is 9. The largest absolute Gasteiger partial charge is 0.453 e. The Morgan fingerprint density at radius 1 is 0.869 bits per heavy atom. The van der Waals surface area contributed by atoms with Gasteiger partial charge in [0.15, 0.2) is 0 Å². The Kier molecular flexibility index (Phi) is 11.7. The number of likely N-dealkylation sites (tertiary alicyclic amines) is 2. The van der Waals surface area contributed by atoms with Crippen LogP contribution in [0.15, 0.2) is 78.1 Å². The van der Waals surface area contributed by atoms with Gasteiger partial charge in [0, 0.05) is 38.0 Å². The minimum Gasteiger partial charge on any atom is -0.453 e. The summed E-state index contributed by atoms with van der Waals surface area (Å²) in [7, 11) is 4.52. The average molecular weight is 825 g/mol. The molecule has 14 heteroatoms. The van der Waals surface area contributed by atoms with E-state index in [1.165, 1.54) is 14.2 Å². The Bertz CT molecular complexity index is 2470. The number of nitrogens with one attached hydrogen (secondary N) is 2. The summed E-state index contributed by atoms with van der Waals surface area (Å²) < 4.78 is 11.6. The van der Waals surface area contributed by atoms with Gasteiger partial charge in [-0.2, -0.15) is 5.26 Å². The number of aromatic nitrogens is 2. The Hall–Kier alpha value is -6.49. The molecule has 0 unspecified atom stereocenters. The minimum atomic E-state index is -0.970. The highest BCUT2D eigenvalue weighted by Gasteiger charge is 2.51. The predicted octanol–water partition coefficient (Wildman–Crippen LogP) is 7.15. The number of carbonyl (C=O) groups is 4. The first-order valence-electron chi connectivity index (χ1n) is 21.1. The number of imidazole rings is 1. The molecule has 1 saturated carbocycles. The van der Waals surface area contributed by atoms with Crippen LogP contribution in [0.2, 0.25) is 0 Å². The van der Waals surface area contributed by atoms with Crippen molar-refractivity contribution in [3.05, 3.63) is 84.4 Å². The van der Waals surface area contributed by atoms with Gasteiger partial charge in [0.1, 0.15) is 17.9 Å². The number of carbonyl (C=O) groups excluding carboxylic acids is 4. The van der Waals surface area contributed by atoms with Crippen LogP contribution in [-0.4, -0.2) is 94.0 Å². The van der Waals surface area contributed by atoms with Crippen molar-refractivity contribution in [2.24, 2.45) is 23.9 Å². The summed E-state index contributed by atoms with van der Waals surface area (Å²) in [4.78, 5) is 65.0. The number of benzene rings is 3. The first kappa shape index (κ1) is 41.3. The van der Waals surface area contributed by atoms with Crippen molar-refractivity contribution < 1.29 is 28.7 Å². The number of allylic oxidation sites excluding steroid dienone is 1. The van der Waals surface area contributed by atoms with E-state index in [4.69, 9.17) is 19.5 Å². The van der Waals surface area contributed by atoms with Gasteiger partial charge in [0.2, 0.25) is 11.8 Å². The molecule has 4 amide bonds. The summed E-state index contributed by atoms with van der Waals surface area (Å²) >= 11 is 0. The lowest BCUT2D eigenvalue weighted by Gasteiger charge is -2.37. The molecular formula is C47H52N8O6. The molecule has 4 aliphatic rings. The standard InChI is InChI=1S/C47H52N8O6/c1-27(2)41(52-47(59)61-5)45(57)54-20-6-7-39(54)43-50-26-40(53(43)3)29-10-8-28(9-11-29)30-12-13-32-22-33(15-14-31(32)21-30)35-24-38(49-25-35)42-34-16-17-36(23-34)55(42)44(56)37(18-19-48)51-46(58)60-4/h8-15,21-22,25-27,34,36-37,39,41-42H,6-7,16-18,20,23-24H2,1-5H3,(H,51,58)(H,52,59)/t34-,36+,37-,39-,41-,42-/m0/s1. The fraction of sp³-hybridized carbons (Fsp3) is 0.426. The van der Waals surface area contributed by atoms with Gasteiger partial charge in [0.05, 0.1) is 50.7 Å². The Labute approximate surface area is 355 Å². The maximum atomic E-state index is 13.8. The molecule has 2 bridgehead atoms. The third kappa shape index (κ3) is 7.97. The number of hydrogen-bond donors (Lipinski definition) is 2. The first-order chi connectivity index (χ1) is 29.5. The molecule has 8 rings (SSSR count). The van der Waals surface area contributed by atoms with Crippen molar-refractivity contribution in [1.82, 2.24) is 30.0 Å². The molecule has 3 aromatic carbocycles. The van der Waals surface area contributed by atoms with Gasteiger partial charge in [-0.15, -0.1) is 0 Å². The summed E-state index contributed by atoms with van der Waals surface area (Å²) in [5, 5.41) is 16.9. The molecule has 2 N–H and O–H groups in total. The summed E-state index contributed by atoms with van der Waals surface area (Å²) in [6, 6.07) is 21.5. The topological polar surface area (TPSA) is 171 Å². The second kappa shape index (κ2) is 17.2. The molecule has 4 aromatic rings. The summed E-state index contributed by atoms with van der Waals surface area (Å²) in [6.45, 7) is 4.42. The number of alkyl carbamates (subject to hydrolysis) is 2. The molecule has 6 atom stereocenters. The van der Waals surface area contributed by atoms with Crippen molar-refractivity contribution in [3.63, 3.8) is 0 Å². The van der Waals surface area contributed by atoms with E-state index in [1.807, 2.05) is 49.2 Å². The van der Waals surface area contributed by atoms with Gasteiger partial charge in [-0.3, -0.25) is 14.6 Å². The van der Waals surface area contributed by atoms with Gasteiger partial charge >= 0.3 is 12.2 Å². The van der Waals surface area contributed by atoms with E-state index in [0.717, 1.165) is 87.9 Å². The number of amides is 4. The molecular weight excluding hydrogens is 773 g/mol. The van der Waals surface area contributed by atoms with E-state index >= 15 is 0 Å². The molecule has 0 radical (unpaired) electrons. The predicted molar refractivity (Wildman–Crippen MR) is 231 cm³/mol. The Morgan fingerprint density at radius 3 is 2.25 bits per heavy atom. The van der Waals surface area contributed by atoms with Gasteiger partial charge < -0.3 is 34.5 Å². The number of methoxy groups -OCH3 is 2. The maximum Gasteiger partial charge on any atom is 0.407 e. The molecule has 2 saturated heterocycles. The molecule has 3 fully saturated rings. The third-order valence-electron chi connectivity index (χ3n) is 13.0. The molecule has 3 aliphatic heterocycles. The number of aliphatic imine (C=N–C) groups is 1. The molecule has 61 heavy (non-hydrogen) atoms. The number of nitriles is 1. The van der Waals surface area contributed by atoms with Gasteiger partial charge in [-0.05, 0) is 94.7 Å². The van der Waals surface area contributed by atoms with Crippen LogP contribution in [0.4, 0.5) is 9.59 Å². The van der Waals surface area contributed by atoms with Crippen molar-refractivity contribution in [3.8, 4) is 28.5 Å². The fourth-order valence-corrected chi connectivity index (χ4v) is 9.85. The van der Waals surface area contributed by atoms with Crippen molar-refractivity contribution in [2.45, 2.75) is 89.0 Å². The van der Waals surface area contributed by atoms with E-state index in [9.17, 15) is 24.4 Å². The smallest absolute Gasteiger partial charge is 0.407 e. The maximum absolute atomic E-state index is 13.8. The van der Waals surface area contributed by atoms with E-state index < -0.39 is 24.3 Å². The molecule has 1 aliphatic carbocycles. The van der Waals surface area contributed by atoms with E-state index in [0.29, 0.717) is 18.9 Å². The number of nitrogens with zero attached hydrogens (tertiary/aromatic N) is 6. The van der Waals surface area contributed by atoms with E-state index in [2.05, 4.69) is 75.9 Å². The monoisotopic (exact) mass is 824 g/mol. The number of fused-ring (bicyclic) bond motifs is 3. The lowest BCUT2D eigenvalue weighted by Crippen LogP contribution is -2.56. The van der Waals surface area contributed by atoms with Crippen molar-refractivity contribution in [1.29, 1.82) is 5.26 Å². The molecule has 4 heterocycles. The van der Waals surface area contributed by atoms with Gasteiger partial charge in [-0.1, -0.05) is 62.4 Å². The SMILES string of the molecule is COC(=O)N[C@@H](CC#N)C(=O)N1[C@@H]2CC[C@@H](C2)[C@H]1C1=NC=C(c2ccc3cc(-c4ccc(-c5cnc([C@@H]6CCCN6C(=O)[C@@H](NC(=O)OC)C(C)C)n5C)cc4)ccc3c2)C1. The molecule has 1 aromatic heterocycles. The zero-order valence-electron chi connectivity index (χ0n) is 35.3. The molecule has 316 valence electrons. The quantitative estimate of drug-likeness (QED) is 0.161. The first-order valence-corrected chi connectivity index (χ1v) is 21.1. The van der Waals surface area contributed by atoms with Crippen LogP contribution >= 0.6 is 0 Å². The van der Waals surface area contributed by atoms with Crippen LogP contribution in [0.3, 0.4) is 0 Å². The average Bonchev–Trinajstić information content (AvgIpc) is 4.14.